The minimum absolute atomic E-state index is 0.137. The first kappa shape index (κ1) is 34.0. The molecule has 0 saturated heterocycles. The molecule has 0 fully saturated rings. The van der Waals surface area contributed by atoms with Crippen LogP contribution in [-0.4, -0.2) is 14.8 Å². The lowest BCUT2D eigenvalue weighted by Crippen LogP contribution is -2.62. The Balaban J connectivity index is 1.21. The van der Waals surface area contributed by atoms with E-state index in [-0.39, 0.29) is 12.1 Å². The normalized spacial score (nSPS) is 17.1. The summed E-state index contributed by atoms with van der Waals surface area (Å²) in [6, 6.07) is 41.9. The summed E-state index contributed by atoms with van der Waals surface area (Å²) < 4.78 is 0. The lowest BCUT2D eigenvalue weighted by Gasteiger charge is -2.45. The third-order valence-corrected chi connectivity index (χ3v) is 16.4. The molecule has 4 heteroatoms. The molecule has 0 saturated carbocycles. The Morgan fingerprint density at radius 1 is 0.509 bits per heavy atom. The molecule has 0 aromatic heterocycles. The number of rotatable bonds is 3. The Hall–Kier alpha value is -5.06. The molecule has 7 aromatic carbocycles. The highest BCUT2D eigenvalue weighted by atomic mass is 28.3. The summed E-state index contributed by atoms with van der Waals surface area (Å²) in [6.45, 7) is 14.9. The van der Waals surface area contributed by atoms with Crippen molar-refractivity contribution >= 4 is 92.0 Å². The first-order chi connectivity index (χ1) is 27.5. The van der Waals surface area contributed by atoms with Crippen molar-refractivity contribution in [3.63, 3.8) is 0 Å². The van der Waals surface area contributed by atoms with Crippen molar-refractivity contribution in [2.75, 3.05) is 9.80 Å². The maximum Gasteiger partial charge on any atom is 0.252 e. The van der Waals surface area contributed by atoms with Gasteiger partial charge in [0.15, 0.2) is 0 Å². The highest BCUT2D eigenvalue weighted by Gasteiger charge is 2.46. The van der Waals surface area contributed by atoms with Gasteiger partial charge in [-0.3, -0.25) is 0 Å². The molecule has 5 aliphatic rings. The monoisotopic (exact) mass is 754 g/mol. The molecule has 12 rings (SSSR count). The zero-order chi connectivity index (χ0) is 38.5. The van der Waals surface area contributed by atoms with E-state index in [1.165, 1.54) is 123 Å². The second-order valence-electron chi connectivity index (χ2n) is 19.9. The van der Waals surface area contributed by atoms with E-state index in [0.717, 1.165) is 38.5 Å². The second kappa shape index (κ2) is 11.8. The summed E-state index contributed by atoms with van der Waals surface area (Å²) in [4.78, 5) is 5.39. The number of aryl methyl sites for hydroxylation is 5. The zero-order valence-corrected chi connectivity index (χ0v) is 35.4. The Kier molecular flexibility index (Phi) is 7.02. The number of fused-ring (bicyclic) bond motifs is 5. The lowest BCUT2D eigenvalue weighted by atomic mass is 9.33. The van der Waals surface area contributed by atoms with Gasteiger partial charge in [0.2, 0.25) is 0 Å². The minimum Gasteiger partial charge on any atom is -0.311 e. The summed E-state index contributed by atoms with van der Waals surface area (Å²) in [6.07, 6.45) is 9.37. The highest BCUT2D eigenvalue weighted by Crippen LogP contribution is 2.50. The molecule has 57 heavy (non-hydrogen) atoms. The molecule has 0 unspecified atom stereocenters. The minimum atomic E-state index is -1.65. The van der Waals surface area contributed by atoms with Crippen LogP contribution in [0, 0.1) is 12.3 Å². The van der Waals surface area contributed by atoms with Crippen LogP contribution >= 0.6 is 0 Å². The van der Waals surface area contributed by atoms with Crippen LogP contribution in [0.4, 0.5) is 34.1 Å². The maximum atomic E-state index is 2.71. The molecule has 0 N–H and O–H groups in total. The van der Waals surface area contributed by atoms with Gasteiger partial charge in [0.1, 0.15) is 0 Å². The second-order valence-corrected chi connectivity index (χ2v) is 25.0. The maximum absolute atomic E-state index is 2.71. The molecule has 0 radical (unpaired) electrons. The van der Waals surface area contributed by atoms with Crippen molar-refractivity contribution in [2.45, 2.75) is 91.8 Å². The summed E-state index contributed by atoms with van der Waals surface area (Å²) in [7, 11) is -1.65. The number of nitrogens with zero attached hydrogens (tertiary/aromatic N) is 2. The van der Waals surface area contributed by atoms with Gasteiger partial charge in [-0.25, -0.2) is 0 Å². The van der Waals surface area contributed by atoms with Crippen molar-refractivity contribution in [1.29, 1.82) is 0 Å². The highest BCUT2D eigenvalue weighted by molar-refractivity contribution is 7.01. The van der Waals surface area contributed by atoms with Crippen LogP contribution in [-0.2, 0) is 38.5 Å². The van der Waals surface area contributed by atoms with E-state index >= 15 is 0 Å². The number of hydrogen-bond acceptors (Lipinski definition) is 2. The van der Waals surface area contributed by atoms with Gasteiger partial charge in [-0.05, 0) is 166 Å². The van der Waals surface area contributed by atoms with Crippen LogP contribution in [0.5, 0.6) is 0 Å². The van der Waals surface area contributed by atoms with E-state index in [1.807, 2.05) is 0 Å². The molecule has 0 spiro atoms. The fourth-order valence-corrected chi connectivity index (χ4v) is 13.1. The molecule has 0 bridgehead atoms. The summed E-state index contributed by atoms with van der Waals surface area (Å²) in [5.74, 6) is 0. The topological polar surface area (TPSA) is 6.48 Å². The average Bonchev–Trinajstić information content (AvgIpc) is 3.50. The number of hydrogen-bond donors (Lipinski definition) is 0. The summed E-state index contributed by atoms with van der Waals surface area (Å²) >= 11 is 0. The van der Waals surface area contributed by atoms with Crippen LogP contribution in [0.2, 0.25) is 19.6 Å². The molecule has 280 valence electrons. The predicted molar refractivity (Wildman–Crippen MR) is 248 cm³/mol. The van der Waals surface area contributed by atoms with Crippen LogP contribution in [0.25, 0.3) is 21.5 Å². The van der Waals surface area contributed by atoms with Gasteiger partial charge in [0.05, 0.1) is 19.4 Å². The molecule has 7 aromatic rings. The van der Waals surface area contributed by atoms with Gasteiger partial charge in [-0.1, -0.05) is 105 Å². The zero-order valence-electron chi connectivity index (χ0n) is 34.4. The van der Waals surface area contributed by atoms with Crippen LogP contribution < -0.4 is 31.4 Å². The van der Waals surface area contributed by atoms with E-state index in [4.69, 9.17) is 0 Å². The van der Waals surface area contributed by atoms with Gasteiger partial charge in [-0.2, -0.15) is 0 Å². The van der Waals surface area contributed by atoms with Crippen molar-refractivity contribution in [3.8, 4) is 0 Å². The van der Waals surface area contributed by atoms with E-state index in [2.05, 4.69) is 153 Å². The first-order valence-corrected chi connectivity index (χ1v) is 25.1. The first-order valence-electron chi connectivity index (χ1n) is 21.6. The van der Waals surface area contributed by atoms with Crippen molar-refractivity contribution in [3.05, 3.63) is 142 Å². The fraction of sp³-hybridized carbons (Fsp3) is 0.283. The van der Waals surface area contributed by atoms with Gasteiger partial charge in [-0.15, -0.1) is 0 Å². The molecule has 0 atom stereocenters. The van der Waals surface area contributed by atoms with Gasteiger partial charge >= 0.3 is 0 Å². The molecule has 2 nitrogen and oxygen atoms in total. The summed E-state index contributed by atoms with van der Waals surface area (Å²) in [5.41, 5.74) is 23.0. The smallest absolute Gasteiger partial charge is 0.252 e. The largest absolute Gasteiger partial charge is 0.311 e. The van der Waals surface area contributed by atoms with Crippen LogP contribution in [0.3, 0.4) is 0 Å². The third-order valence-electron chi connectivity index (χ3n) is 14.4. The number of anilines is 6. The van der Waals surface area contributed by atoms with Crippen LogP contribution in [0.1, 0.15) is 65.6 Å². The van der Waals surface area contributed by atoms with E-state index in [9.17, 15) is 0 Å². The van der Waals surface area contributed by atoms with Crippen molar-refractivity contribution in [1.82, 2.24) is 0 Å². The molecule has 2 heterocycles. The lowest BCUT2D eigenvalue weighted by molar-refractivity contribution is 0.392. The number of benzene rings is 7. The van der Waals surface area contributed by atoms with Crippen molar-refractivity contribution in [2.24, 2.45) is 5.41 Å². The fourth-order valence-electron chi connectivity index (χ4n) is 11.9. The Morgan fingerprint density at radius 3 is 1.60 bits per heavy atom. The third kappa shape index (κ3) is 4.89. The van der Waals surface area contributed by atoms with Crippen molar-refractivity contribution < 1.29 is 0 Å². The average molecular weight is 755 g/mol. The quantitative estimate of drug-likeness (QED) is 0.166. The summed E-state index contributed by atoms with van der Waals surface area (Å²) in [5, 5.41) is 7.28. The molecule has 0 amide bonds. The molecule has 3 aliphatic carbocycles. The SMILES string of the molecule is Cc1cc2c3c(c1)N(c1ccc4c5c(cccc15)CCC4)c1cc4c(cc1B3c1cc([Si](C)(C)C)ccc1N2c1ccc2c3c(cccc13)CCC2)CC(C)(C)C4. The van der Waals surface area contributed by atoms with Crippen LogP contribution in [0.15, 0.2) is 103 Å². The Morgan fingerprint density at radius 2 is 1.02 bits per heavy atom. The molecular weight excluding hydrogens is 703 g/mol. The van der Waals surface area contributed by atoms with E-state index in [1.54, 1.807) is 5.56 Å². The van der Waals surface area contributed by atoms with Gasteiger partial charge in [0, 0.05) is 33.5 Å². The van der Waals surface area contributed by atoms with E-state index < -0.39 is 8.07 Å². The predicted octanol–water partition coefficient (Wildman–Crippen LogP) is 11.0. The molecular formula is C53H51BN2Si. The van der Waals surface area contributed by atoms with Gasteiger partial charge in [0.25, 0.3) is 6.71 Å². The molecule has 2 aliphatic heterocycles. The Bertz CT molecular complexity index is 2890. The van der Waals surface area contributed by atoms with Gasteiger partial charge < -0.3 is 9.80 Å². The Labute approximate surface area is 339 Å². The standard InChI is InChI=1S/C53H51BN2Si/c1-32-25-48-52-49(26-32)56(45-23-20-36-14-8-12-34-16-10-18-41(45)51(34)36)47-28-38-31-53(2,3)30-37(38)27-42(47)54(52)43-29-39(57(4,5)6)21-24-46(43)55(48)44-22-19-35-13-7-11-33-15-9-17-40(44)50(33)35/h9-10,15-29H,7-8,11-14,30-31H2,1-6H3. The van der Waals surface area contributed by atoms with E-state index in [0.29, 0.717) is 0 Å².